The number of nitrogens with one attached hydrogen (secondary N) is 1. The number of nitrogens with zero attached hydrogens (tertiary/aromatic N) is 1. The number of benzene rings is 1. The smallest absolute Gasteiger partial charge is 0.336 e. The molecule has 0 aromatic heterocycles. The van der Waals surface area contributed by atoms with Crippen LogP contribution in [0.15, 0.2) is 46.1 Å². The number of carbonyl (C=O) groups excluding carboxylic acids is 1. The highest BCUT2D eigenvalue weighted by Gasteiger charge is 2.37. The van der Waals surface area contributed by atoms with E-state index in [0.29, 0.717) is 22.6 Å². The van der Waals surface area contributed by atoms with Gasteiger partial charge in [0.15, 0.2) is 0 Å². The van der Waals surface area contributed by atoms with Crippen molar-refractivity contribution in [3.05, 3.63) is 56.7 Å². The van der Waals surface area contributed by atoms with Crippen molar-refractivity contribution in [2.24, 2.45) is 0 Å². The number of halogens is 1. The van der Waals surface area contributed by atoms with Crippen LogP contribution in [0.25, 0.3) is 0 Å². The number of nitriles is 1. The van der Waals surface area contributed by atoms with Crippen molar-refractivity contribution < 1.29 is 9.53 Å². The van der Waals surface area contributed by atoms with E-state index in [1.165, 1.54) is 0 Å². The van der Waals surface area contributed by atoms with Crippen LogP contribution in [0.1, 0.15) is 45.1 Å². The van der Waals surface area contributed by atoms with Crippen molar-refractivity contribution in [2.45, 2.75) is 39.5 Å². The van der Waals surface area contributed by atoms with Gasteiger partial charge in [0.05, 0.1) is 34.8 Å². The molecule has 2 rings (SSSR count). The zero-order valence-corrected chi connectivity index (χ0v) is 16.8. The summed E-state index contributed by atoms with van der Waals surface area (Å²) in [5.74, 6) is -0.108. The molecular weight excluding hydrogens is 368 g/mol. The molecule has 1 aliphatic heterocycles. The molecule has 0 spiro atoms. The van der Waals surface area contributed by atoms with E-state index in [1.807, 2.05) is 25.1 Å². The molecule has 1 atom stereocenters. The van der Waals surface area contributed by atoms with E-state index in [-0.39, 0.29) is 6.61 Å². The van der Waals surface area contributed by atoms with Crippen molar-refractivity contribution in [2.75, 3.05) is 12.4 Å². The van der Waals surface area contributed by atoms with E-state index in [1.54, 1.807) is 24.8 Å². The average Bonchev–Trinajstić information content (AvgIpc) is 2.62. The lowest BCUT2D eigenvalue weighted by atomic mass is 9.81. The van der Waals surface area contributed by atoms with Crippen LogP contribution in [0.3, 0.4) is 0 Å². The number of allylic oxidation sites excluding steroid dienone is 2. The van der Waals surface area contributed by atoms with Gasteiger partial charge in [0.1, 0.15) is 0 Å². The Morgan fingerprint density at radius 2 is 2.08 bits per heavy atom. The average molecular weight is 391 g/mol. The van der Waals surface area contributed by atoms with Gasteiger partial charge in [0.2, 0.25) is 0 Å². The number of esters is 1. The zero-order chi connectivity index (χ0) is 19.1. The molecule has 0 saturated heterocycles. The minimum absolute atomic E-state index is 0.277. The van der Waals surface area contributed by atoms with Crippen LogP contribution in [0.5, 0.6) is 0 Å². The Balaban J connectivity index is 2.72. The van der Waals surface area contributed by atoms with Gasteiger partial charge < -0.3 is 10.1 Å². The molecule has 4 nitrogen and oxygen atoms in total. The molecule has 1 aliphatic rings. The number of thioether (sulfide) groups is 1. The van der Waals surface area contributed by atoms with Crippen molar-refractivity contribution in [1.82, 2.24) is 5.32 Å². The Kier molecular flexibility index (Phi) is 7.62. The molecule has 0 amide bonds. The minimum Gasteiger partial charge on any atom is -0.463 e. The fourth-order valence-electron chi connectivity index (χ4n) is 3.01. The second-order valence-electron chi connectivity index (χ2n) is 5.73. The van der Waals surface area contributed by atoms with Crippen LogP contribution < -0.4 is 5.32 Å². The summed E-state index contributed by atoms with van der Waals surface area (Å²) >= 11 is 8.01. The quantitative estimate of drug-likeness (QED) is 0.653. The molecule has 1 N–H and O–H groups in total. The van der Waals surface area contributed by atoms with Gasteiger partial charge in [-0.2, -0.15) is 5.26 Å². The van der Waals surface area contributed by atoms with Crippen molar-refractivity contribution in [3.63, 3.8) is 0 Å². The Bertz CT molecular complexity index is 780. The SMILES string of the molecule is CCCC1=C(C(=O)OCC)C(c2ccccc2Cl)C(C#N)=C(SCC)N1. The van der Waals surface area contributed by atoms with Crippen LogP contribution in [0.2, 0.25) is 5.02 Å². The molecule has 1 aromatic rings. The molecule has 0 bridgehead atoms. The standard InChI is InChI=1S/C20H23ClN2O2S/c1-4-9-16-18(20(24)25-5-2)17(13-10-7-8-11-15(13)21)14(12-22)19(23-16)26-6-3/h7-8,10-11,17,23H,4-6,9H2,1-3H3. The summed E-state index contributed by atoms with van der Waals surface area (Å²) in [5, 5.41) is 14.5. The monoisotopic (exact) mass is 390 g/mol. The first-order chi connectivity index (χ1) is 12.6. The summed E-state index contributed by atoms with van der Waals surface area (Å²) in [6, 6.07) is 9.65. The van der Waals surface area contributed by atoms with E-state index in [2.05, 4.69) is 18.3 Å². The molecule has 138 valence electrons. The number of hydrogen-bond acceptors (Lipinski definition) is 5. The van der Waals surface area contributed by atoms with Gasteiger partial charge in [0.25, 0.3) is 0 Å². The Morgan fingerprint density at radius 3 is 2.65 bits per heavy atom. The van der Waals surface area contributed by atoms with Gasteiger partial charge in [-0.05, 0) is 30.7 Å². The normalized spacial score (nSPS) is 17.0. The molecule has 6 heteroatoms. The Hall–Kier alpha value is -1.90. The molecule has 0 aliphatic carbocycles. The first kappa shape index (κ1) is 20.4. The lowest BCUT2D eigenvalue weighted by molar-refractivity contribution is -0.138. The maximum atomic E-state index is 12.8. The molecule has 1 unspecified atom stereocenters. The summed E-state index contributed by atoms with van der Waals surface area (Å²) in [6.45, 7) is 6.14. The van der Waals surface area contributed by atoms with E-state index >= 15 is 0 Å². The first-order valence-corrected chi connectivity index (χ1v) is 10.1. The van der Waals surface area contributed by atoms with Crippen LogP contribution in [-0.2, 0) is 9.53 Å². The third-order valence-corrected chi connectivity index (χ3v) is 5.28. The van der Waals surface area contributed by atoms with Crippen LogP contribution in [0.4, 0.5) is 0 Å². The lowest BCUT2D eigenvalue weighted by Gasteiger charge is -2.31. The fourth-order valence-corrected chi connectivity index (χ4v) is 4.06. The second-order valence-corrected chi connectivity index (χ2v) is 7.41. The number of rotatable bonds is 7. The highest BCUT2D eigenvalue weighted by molar-refractivity contribution is 8.03. The molecule has 0 fully saturated rings. The second kappa shape index (κ2) is 9.70. The summed E-state index contributed by atoms with van der Waals surface area (Å²) in [5.41, 5.74) is 2.55. The minimum atomic E-state index is -0.524. The van der Waals surface area contributed by atoms with Gasteiger partial charge in [-0.1, -0.05) is 50.1 Å². The molecular formula is C20H23ClN2O2S. The maximum absolute atomic E-state index is 12.8. The Morgan fingerprint density at radius 1 is 1.35 bits per heavy atom. The topological polar surface area (TPSA) is 62.1 Å². The summed E-state index contributed by atoms with van der Waals surface area (Å²) < 4.78 is 5.32. The predicted octanol–water partition coefficient (Wildman–Crippen LogP) is 5.13. The van der Waals surface area contributed by atoms with E-state index in [0.717, 1.165) is 28.5 Å². The highest BCUT2D eigenvalue weighted by atomic mass is 35.5. The van der Waals surface area contributed by atoms with Crippen molar-refractivity contribution in [1.29, 1.82) is 5.26 Å². The van der Waals surface area contributed by atoms with Gasteiger partial charge >= 0.3 is 5.97 Å². The summed E-state index contributed by atoms with van der Waals surface area (Å²) in [7, 11) is 0. The van der Waals surface area contributed by atoms with Crippen LogP contribution in [-0.4, -0.2) is 18.3 Å². The number of ether oxygens (including phenoxy) is 1. The molecule has 1 aromatic carbocycles. The van der Waals surface area contributed by atoms with Gasteiger partial charge in [-0.3, -0.25) is 0 Å². The maximum Gasteiger partial charge on any atom is 0.336 e. The number of carbonyl (C=O) groups is 1. The number of dihydropyridines is 1. The molecule has 0 radical (unpaired) electrons. The van der Waals surface area contributed by atoms with Crippen LogP contribution in [0, 0.1) is 11.3 Å². The highest BCUT2D eigenvalue weighted by Crippen LogP contribution is 2.43. The fraction of sp³-hybridized carbons (Fsp3) is 0.400. The van der Waals surface area contributed by atoms with E-state index in [9.17, 15) is 10.1 Å². The van der Waals surface area contributed by atoms with E-state index in [4.69, 9.17) is 16.3 Å². The van der Waals surface area contributed by atoms with Crippen molar-refractivity contribution in [3.8, 4) is 6.07 Å². The number of hydrogen-bond donors (Lipinski definition) is 1. The zero-order valence-electron chi connectivity index (χ0n) is 15.3. The van der Waals surface area contributed by atoms with E-state index < -0.39 is 11.9 Å². The Labute approximate surface area is 164 Å². The summed E-state index contributed by atoms with van der Waals surface area (Å²) in [6.07, 6.45) is 1.56. The predicted molar refractivity (Wildman–Crippen MR) is 107 cm³/mol. The van der Waals surface area contributed by atoms with Crippen molar-refractivity contribution >= 4 is 29.3 Å². The third-order valence-electron chi connectivity index (χ3n) is 4.03. The molecule has 26 heavy (non-hydrogen) atoms. The first-order valence-electron chi connectivity index (χ1n) is 8.77. The van der Waals surface area contributed by atoms with Crippen LogP contribution >= 0.6 is 23.4 Å². The van der Waals surface area contributed by atoms with Gasteiger partial charge in [-0.15, -0.1) is 11.8 Å². The molecule has 1 heterocycles. The largest absolute Gasteiger partial charge is 0.463 e. The molecule has 0 saturated carbocycles. The lowest BCUT2D eigenvalue weighted by Crippen LogP contribution is -2.30. The van der Waals surface area contributed by atoms with Gasteiger partial charge in [-0.25, -0.2) is 4.79 Å². The third kappa shape index (κ3) is 4.25. The van der Waals surface area contributed by atoms with Gasteiger partial charge in [0, 0.05) is 10.7 Å². The summed E-state index contributed by atoms with van der Waals surface area (Å²) in [4.78, 5) is 12.8.